The molecule has 1 saturated heterocycles. The van der Waals surface area contributed by atoms with Crippen molar-refractivity contribution in [2.24, 2.45) is 0 Å². The quantitative estimate of drug-likeness (QED) is 0.891. The summed E-state index contributed by atoms with van der Waals surface area (Å²) in [6.45, 7) is 3.76. The first-order valence-electron chi connectivity index (χ1n) is 8.85. The zero-order valence-electron chi connectivity index (χ0n) is 14.6. The maximum atomic E-state index is 13.7. The number of benzene rings is 2. The van der Waals surface area contributed by atoms with Crippen molar-refractivity contribution in [3.8, 4) is 0 Å². The van der Waals surface area contributed by atoms with Crippen LogP contribution in [0.3, 0.4) is 0 Å². The van der Waals surface area contributed by atoms with Gasteiger partial charge in [-0.05, 0) is 30.2 Å². The topological polar surface area (TPSA) is 35.6 Å². The third kappa shape index (κ3) is 5.02. The number of rotatable bonds is 5. The monoisotopic (exact) mass is 359 g/mol. The van der Waals surface area contributed by atoms with Gasteiger partial charge in [0.1, 0.15) is 11.6 Å². The van der Waals surface area contributed by atoms with E-state index >= 15 is 0 Å². The van der Waals surface area contributed by atoms with Crippen molar-refractivity contribution >= 4 is 6.03 Å². The van der Waals surface area contributed by atoms with E-state index in [0.717, 1.165) is 18.7 Å². The molecule has 0 aliphatic carbocycles. The predicted octanol–water partition coefficient (Wildman–Crippen LogP) is 3.03. The van der Waals surface area contributed by atoms with Gasteiger partial charge >= 0.3 is 6.03 Å². The molecule has 3 rings (SSSR count). The summed E-state index contributed by atoms with van der Waals surface area (Å²) in [5, 5.41) is 2.90. The van der Waals surface area contributed by atoms with Crippen LogP contribution in [0.4, 0.5) is 13.6 Å². The average molecular weight is 359 g/mol. The van der Waals surface area contributed by atoms with Crippen molar-refractivity contribution in [3.63, 3.8) is 0 Å². The van der Waals surface area contributed by atoms with Crippen LogP contribution in [-0.2, 0) is 13.0 Å². The summed E-state index contributed by atoms with van der Waals surface area (Å²) < 4.78 is 26.6. The van der Waals surface area contributed by atoms with Crippen LogP contribution in [-0.4, -0.2) is 48.6 Å². The second-order valence-corrected chi connectivity index (χ2v) is 6.46. The second-order valence-electron chi connectivity index (χ2n) is 6.46. The summed E-state index contributed by atoms with van der Waals surface area (Å²) in [7, 11) is 0. The Balaban J connectivity index is 1.39. The number of halogens is 2. The molecule has 2 aromatic rings. The maximum absolute atomic E-state index is 13.7. The van der Waals surface area contributed by atoms with Crippen LogP contribution in [0, 0.1) is 11.6 Å². The summed E-state index contributed by atoms with van der Waals surface area (Å²) in [6.07, 6.45) is 0.666. The highest BCUT2D eigenvalue weighted by Crippen LogP contribution is 2.12. The molecule has 1 N–H and O–H groups in total. The van der Waals surface area contributed by atoms with E-state index in [1.54, 1.807) is 29.2 Å². The molecule has 4 nitrogen and oxygen atoms in total. The number of piperazine rings is 1. The van der Waals surface area contributed by atoms with E-state index in [4.69, 9.17) is 0 Å². The Kier molecular flexibility index (Phi) is 6.17. The zero-order valence-corrected chi connectivity index (χ0v) is 14.6. The number of nitrogens with one attached hydrogen (secondary N) is 1. The van der Waals surface area contributed by atoms with Gasteiger partial charge in [-0.15, -0.1) is 0 Å². The molecule has 0 atom stereocenters. The van der Waals surface area contributed by atoms with Gasteiger partial charge in [0.05, 0.1) is 0 Å². The third-order valence-corrected chi connectivity index (χ3v) is 4.61. The predicted molar refractivity (Wildman–Crippen MR) is 96.8 cm³/mol. The molecule has 0 unspecified atom stereocenters. The minimum Gasteiger partial charge on any atom is -0.338 e. The van der Waals surface area contributed by atoms with Crippen molar-refractivity contribution in [2.45, 2.75) is 13.0 Å². The van der Waals surface area contributed by atoms with E-state index in [9.17, 15) is 13.6 Å². The van der Waals surface area contributed by atoms with Crippen LogP contribution < -0.4 is 5.32 Å². The molecule has 1 heterocycles. The molecule has 138 valence electrons. The van der Waals surface area contributed by atoms with Gasteiger partial charge in [0.2, 0.25) is 0 Å². The van der Waals surface area contributed by atoms with Gasteiger partial charge < -0.3 is 10.2 Å². The molecule has 1 aliphatic heterocycles. The molecule has 0 bridgehead atoms. The molecule has 26 heavy (non-hydrogen) atoms. The highest BCUT2D eigenvalue weighted by atomic mass is 19.1. The fourth-order valence-corrected chi connectivity index (χ4v) is 3.05. The Bertz CT molecular complexity index is 728. The number of carbonyl (C=O) groups is 1. The van der Waals surface area contributed by atoms with Crippen molar-refractivity contribution in [1.29, 1.82) is 0 Å². The molecule has 2 aromatic carbocycles. The molecule has 6 heteroatoms. The maximum Gasteiger partial charge on any atom is 0.317 e. The van der Waals surface area contributed by atoms with Gasteiger partial charge in [0.15, 0.2) is 0 Å². The SMILES string of the molecule is O=C(NCCc1ccc(F)cc1)N1CCN(Cc2ccccc2F)CC1. The molecule has 1 fully saturated rings. The van der Waals surface area contributed by atoms with Gasteiger partial charge in [-0.3, -0.25) is 4.90 Å². The van der Waals surface area contributed by atoms with Gasteiger partial charge in [-0.2, -0.15) is 0 Å². The lowest BCUT2D eigenvalue weighted by molar-refractivity contribution is 0.134. The highest BCUT2D eigenvalue weighted by Gasteiger charge is 2.21. The van der Waals surface area contributed by atoms with E-state index in [2.05, 4.69) is 10.2 Å². The largest absolute Gasteiger partial charge is 0.338 e. The minimum absolute atomic E-state index is 0.0855. The summed E-state index contributed by atoms with van der Waals surface area (Å²) in [4.78, 5) is 16.2. The van der Waals surface area contributed by atoms with Gasteiger partial charge in [-0.25, -0.2) is 13.6 Å². The average Bonchev–Trinajstić information content (AvgIpc) is 2.66. The number of hydrogen-bond donors (Lipinski definition) is 1. The fourth-order valence-electron chi connectivity index (χ4n) is 3.05. The molecule has 0 saturated carbocycles. The highest BCUT2D eigenvalue weighted by molar-refractivity contribution is 5.74. The summed E-state index contributed by atoms with van der Waals surface area (Å²) in [5.74, 6) is -0.445. The summed E-state index contributed by atoms with van der Waals surface area (Å²) in [5.41, 5.74) is 1.67. The smallest absolute Gasteiger partial charge is 0.317 e. The molecular weight excluding hydrogens is 336 g/mol. The second kappa shape index (κ2) is 8.76. The Morgan fingerprint density at radius 2 is 1.65 bits per heavy atom. The molecule has 0 aromatic heterocycles. The number of amides is 2. The molecule has 0 spiro atoms. The van der Waals surface area contributed by atoms with Gasteiger partial charge in [0, 0.05) is 44.8 Å². The lowest BCUT2D eigenvalue weighted by Crippen LogP contribution is -2.51. The van der Waals surface area contributed by atoms with Crippen molar-refractivity contribution < 1.29 is 13.6 Å². The molecule has 1 aliphatic rings. The minimum atomic E-state index is -0.258. The normalized spacial score (nSPS) is 15.1. The number of urea groups is 1. The van der Waals surface area contributed by atoms with Crippen LogP contribution in [0.2, 0.25) is 0 Å². The summed E-state index contributed by atoms with van der Waals surface area (Å²) >= 11 is 0. The number of carbonyl (C=O) groups excluding carboxylic acids is 1. The molecular formula is C20H23F2N3O. The Labute approximate surface area is 152 Å². The first-order valence-corrected chi connectivity index (χ1v) is 8.85. The lowest BCUT2D eigenvalue weighted by atomic mass is 10.1. The Morgan fingerprint density at radius 1 is 0.962 bits per heavy atom. The van der Waals surface area contributed by atoms with Crippen LogP contribution >= 0.6 is 0 Å². The van der Waals surface area contributed by atoms with Crippen molar-refractivity contribution in [1.82, 2.24) is 15.1 Å². The Hall–Kier alpha value is -2.47. The first kappa shape index (κ1) is 18.3. The first-order chi connectivity index (χ1) is 12.6. The molecule has 2 amide bonds. The van der Waals surface area contributed by atoms with E-state index in [0.29, 0.717) is 38.2 Å². The lowest BCUT2D eigenvalue weighted by Gasteiger charge is -2.34. The van der Waals surface area contributed by atoms with Crippen LogP contribution in [0.5, 0.6) is 0 Å². The number of nitrogens with zero attached hydrogens (tertiary/aromatic N) is 2. The van der Waals surface area contributed by atoms with Gasteiger partial charge in [-0.1, -0.05) is 30.3 Å². The zero-order chi connectivity index (χ0) is 18.4. The van der Waals surface area contributed by atoms with E-state index in [1.165, 1.54) is 18.2 Å². The van der Waals surface area contributed by atoms with Crippen LogP contribution in [0.1, 0.15) is 11.1 Å². The Morgan fingerprint density at radius 3 is 2.35 bits per heavy atom. The van der Waals surface area contributed by atoms with E-state index < -0.39 is 0 Å². The standard InChI is InChI=1S/C20H23F2N3O/c21-18-7-5-16(6-8-18)9-10-23-20(26)25-13-11-24(12-14-25)15-17-3-1-2-4-19(17)22/h1-8H,9-15H2,(H,23,26). The van der Waals surface area contributed by atoms with E-state index in [-0.39, 0.29) is 17.7 Å². The van der Waals surface area contributed by atoms with Crippen molar-refractivity contribution in [2.75, 3.05) is 32.7 Å². The van der Waals surface area contributed by atoms with Crippen molar-refractivity contribution in [3.05, 3.63) is 71.3 Å². The van der Waals surface area contributed by atoms with Crippen LogP contribution in [0.25, 0.3) is 0 Å². The number of hydrogen-bond acceptors (Lipinski definition) is 2. The van der Waals surface area contributed by atoms with Gasteiger partial charge in [0.25, 0.3) is 0 Å². The molecule has 0 radical (unpaired) electrons. The third-order valence-electron chi connectivity index (χ3n) is 4.61. The van der Waals surface area contributed by atoms with Crippen LogP contribution in [0.15, 0.2) is 48.5 Å². The fraction of sp³-hybridized carbons (Fsp3) is 0.350. The van der Waals surface area contributed by atoms with E-state index in [1.807, 2.05) is 6.07 Å². The summed E-state index contributed by atoms with van der Waals surface area (Å²) in [6, 6.07) is 13.0.